The van der Waals surface area contributed by atoms with E-state index in [2.05, 4.69) is 15.3 Å². The van der Waals surface area contributed by atoms with Gasteiger partial charge in [0.25, 0.3) is 0 Å². The highest BCUT2D eigenvalue weighted by Crippen LogP contribution is 2.22. The molecule has 122 valence electrons. The number of hydrogen-bond donors (Lipinski definition) is 1. The first-order valence-corrected chi connectivity index (χ1v) is 8.17. The fourth-order valence-corrected chi connectivity index (χ4v) is 2.54. The van der Waals surface area contributed by atoms with Gasteiger partial charge < -0.3 is 4.74 Å². The molecule has 0 aliphatic carbocycles. The van der Waals surface area contributed by atoms with Crippen LogP contribution in [0, 0.1) is 4.77 Å². The van der Waals surface area contributed by atoms with E-state index in [1.54, 1.807) is 10.9 Å². The molecule has 0 bridgehead atoms. The van der Waals surface area contributed by atoms with Gasteiger partial charge in [-0.05, 0) is 37.3 Å². The van der Waals surface area contributed by atoms with Crippen molar-refractivity contribution in [2.45, 2.75) is 6.92 Å². The van der Waals surface area contributed by atoms with E-state index in [0.717, 1.165) is 16.9 Å². The maximum Gasteiger partial charge on any atom is 0.216 e. The molecule has 3 rings (SSSR count). The van der Waals surface area contributed by atoms with Gasteiger partial charge in [-0.1, -0.05) is 41.9 Å². The molecule has 0 amide bonds. The molecule has 1 aromatic heterocycles. The monoisotopic (exact) mass is 358 g/mol. The Labute approximate surface area is 149 Å². The molecular weight excluding hydrogens is 344 g/mol. The lowest BCUT2D eigenvalue weighted by Gasteiger charge is -2.05. The van der Waals surface area contributed by atoms with E-state index >= 15 is 0 Å². The Hall–Kier alpha value is -2.44. The van der Waals surface area contributed by atoms with Crippen molar-refractivity contribution in [3.63, 3.8) is 0 Å². The second-order valence-electron chi connectivity index (χ2n) is 4.89. The average Bonchev–Trinajstić information content (AvgIpc) is 2.96. The standard InChI is InChI=1S/C17H15ClN4OS/c1-2-23-14-8-5-7-12(10-14)16-20-21-17(24)22(16)19-11-13-6-3-4-9-15(13)18/h3-11H,2H2,1H3,(H,21,24)/b19-11+. The third-order valence-corrected chi connectivity index (χ3v) is 3.88. The number of aromatic amines is 1. The Morgan fingerprint density at radius 2 is 2.12 bits per heavy atom. The summed E-state index contributed by atoms with van der Waals surface area (Å²) in [5.74, 6) is 1.37. The lowest BCUT2D eigenvalue weighted by atomic mass is 10.2. The first kappa shape index (κ1) is 16.4. The van der Waals surface area contributed by atoms with Gasteiger partial charge in [0.1, 0.15) is 5.75 Å². The van der Waals surface area contributed by atoms with Gasteiger partial charge in [-0.3, -0.25) is 0 Å². The second kappa shape index (κ2) is 7.42. The molecule has 0 saturated heterocycles. The van der Waals surface area contributed by atoms with Crippen LogP contribution in [0.2, 0.25) is 5.02 Å². The minimum absolute atomic E-state index is 0.398. The predicted molar refractivity (Wildman–Crippen MR) is 98.5 cm³/mol. The van der Waals surface area contributed by atoms with Crippen molar-refractivity contribution in [1.82, 2.24) is 14.9 Å². The van der Waals surface area contributed by atoms with Gasteiger partial charge in [-0.25, -0.2) is 5.10 Å². The number of aromatic nitrogens is 3. The van der Waals surface area contributed by atoms with Crippen molar-refractivity contribution < 1.29 is 4.74 Å². The zero-order valence-corrected chi connectivity index (χ0v) is 14.5. The molecule has 0 unspecified atom stereocenters. The zero-order valence-electron chi connectivity index (χ0n) is 12.9. The summed E-state index contributed by atoms with van der Waals surface area (Å²) in [5, 5.41) is 12.1. The number of rotatable bonds is 5. The summed E-state index contributed by atoms with van der Waals surface area (Å²) in [5.41, 5.74) is 1.65. The maximum absolute atomic E-state index is 6.15. The Morgan fingerprint density at radius 3 is 2.92 bits per heavy atom. The Morgan fingerprint density at radius 1 is 1.29 bits per heavy atom. The van der Waals surface area contributed by atoms with E-state index in [1.807, 2.05) is 55.5 Å². The van der Waals surface area contributed by atoms with E-state index in [0.29, 0.717) is 22.2 Å². The van der Waals surface area contributed by atoms with E-state index in [-0.39, 0.29) is 0 Å². The molecule has 5 nitrogen and oxygen atoms in total. The topological polar surface area (TPSA) is 55.2 Å². The van der Waals surface area contributed by atoms with Crippen LogP contribution in [0.3, 0.4) is 0 Å². The second-order valence-corrected chi connectivity index (χ2v) is 5.68. The van der Waals surface area contributed by atoms with Crippen LogP contribution in [-0.4, -0.2) is 27.7 Å². The van der Waals surface area contributed by atoms with Crippen molar-refractivity contribution in [1.29, 1.82) is 0 Å². The Bertz CT molecular complexity index is 932. The number of benzene rings is 2. The van der Waals surface area contributed by atoms with Gasteiger partial charge in [0.2, 0.25) is 4.77 Å². The van der Waals surface area contributed by atoms with Crippen LogP contribution in [0.15, 0.2) is 53.6 Å². The normalized spacial score (nSPS) is 11.1. The minimum Gasteiger partial charge on any atom is -0.494 e. The van der Waals surface area contributed by atoms with Crippen molar-refractivity contribution in [3.8, 4) is 17.1 Å². The highest BCUT2D eigenvalue weighted by molar-refractivity contribution is 7.71. The summed E-state index contributed by atoms with van der Waals surface area (Å²) in [6.45, 7) is 2.54. The number of ether oxygens (including phenoxy) is 1. The molecule has 2 aromatic carbocycles. The molecule has 0 saturated carbocycles. The zero-order chi connectivity index (χ0) is 16.9. The van der Waals surface area contributed by atoms with Crippen molar-refractivity contribution >= 4 is 30.0 Å². The summed E-state index contributed by atoms with van der Waals surface area (Å²) >= 11 is 11.4. The van der Waals surface area contributed by atoms with E-state index < -0.39 is 0 Å². The van der Waals surface area contributed by atoms with Crippen LogP contribution in [0.1, 0.15) is 12.5 Å². The number of hydrogen-bond acceptors (Lipinski definition) is 4. The van der Waals surface area contributed by atoms with Crippen LogP contribution < -0.4 is 4.74 Å². The van der Waals surface area contributed by atoms with E-state index in [9.17, 15) is 0 Å². The third-order valence-electron chi connectivity index (χ3n) is 3.27. The van der Waals surface area contributed by atoms with Crippen molar-refractivity contribution in [3.05, 3.63) is 63.9 Å². The quantitative estimate of drug-likeness (QED) is 0.538. The molecule has 0 aliphatic heterocycles. The molecule has 0 atom stereocenters. The number of nitrogens with zero attached hydrogens (tertiary/aromatic N) is 3. The van der Waals surface area contributed by atoms with E-state index in [4.69, 9.17) is 28.6 Å². The molecule has 0 fully saturated rings. The van der Waals surface area contributed by atoms with Crippen LogP contribution in [0.5, 0.6) is 5.75 Å². The predicted octanol–water partition coefficient (Wildman–Crippen LogP) is 4.54. The SMILES string of the molecule is CCOc1cccc(-c2n[nH]c(=S)n2/N=C/c2ccccc2Cl)c1. The minimum atomic E-state index is 0.398. The van der Waals surface area contributed by atoms with Crippen LogP contribution >= 0.6 is 23.8 Å². The number of H-pyrrole nitrogens is 1. The van der Waals surface area contributed by atoms with Crippen LogP contribution in [0.4, 0.5) is 0 Å². The Kier molecular flexibility index (Phi) is 5.08. The summed E-state index contributed by atoms with van der Waals surface area (Å²) in [6, 6.07) is 15.1. The highest BCUT2D eigenvalue weighted by Gasteiger charge is 2.09. The largest absolute Gasteiger partial charge is 0.494 e. The summed E-state index contributed by atoms with van der Waals surface area (Å²) in [4.78, 5) is 0. The van der Waals surface area contributed by atoms with Gasteiger partial charge in [0.05, 0.1) is 12.8 Å². The fraction of sp³-hybridized carbons (Fsp3) is 0.118. The van der Waals surface area contributed by atoms with Crippen LogP contribution in [0.25, 0.3) is 11.4 Å². The highest BCUT2D eigenvalue weighted by atomic mass is 35.5. The molecule has 7 heteroatoms. The summed E-state index contributed by atoms with van der Waals surface area (Å²) in [7, 11) is 0. The van der Waals surface area contributed by atoms with E-state index in [1.165, 1.54) is 0 Å². The molecule has 1 heterocycles. The van der Waals surface area contributed by atoms with Gasteiger partial charge in [-0.15, -0.1) is 0 Å². The Balaban J connectivity index is 1.99. The van der Waals surface area contributed by atoms with Crippen molar-refractivity contribution in [2.75, 3.05) is 6.61 Å². The number of nitrogens with one attached hydrogen (secondary N) is 1. The molecular formula is C17H15ClN4OS. The van der Waals surface area contributed by atoms with Gasteiger partial charge in [0, 0.05) is 16.1 Å². The number of halogens is 1. The first-order valence-electron chi connectivity index (χ1n) is 7.38. The van der Waals surface area contributed by atoms with Gasteiger partial charge in [-0.2, -0.15) is 14.9 Å². The molecule has 0 spiro atoms. The summed E-state index contributed by atoms with van der Waals surface area (Å²) in [6.07, 6.45) is 1.66. The maximum atomic E-state index is 6.15. The lowest BCUT2D eigenvalue weighted by Crippen LogP contribution is -1.96. The third kappa shape index (κ3) is 3.55. The average molecular weight is 359 g/mol. The molecule has 24 heavy (non-hydrogen) atoms. The smallest absolute Gasteiger partial charge is 0.216 e. The van der Waals surface area contributed by atoms with Gasteiger partial charge >= 0.3 is 0 Å². The fourth-order valence-electron chi connectivity index (χ4n) is 2.18. The molecule has 1 N–H and O–H groups in total. The lowest BCUT2D eigenvalue weighted by molar-refractivity contribution is 0.340. The molecule has 0 aliphatic rings. The van der Waals surface area contributed by atoms with Crippen LogP contribution in [-0.2, 0) is 0 Å². The van der Waals surface area contributed by atoms with Crippen molar-refractivity contribution in [2.24, 2.45) is 5.10 Å². The first-order chi connectivity index (χ1) is 11.7. The summed E-state index contributed by atoms with van der Waals surface area (Å²) < 4.78 is 7.49. The molecule has 3 aromatic rings. The molecule has 0 radical (unpaired) electrons. The van der Waals surface area contributed by atoms with Gasteiger partial charge in [0.15, 0.2) is 5.82 Å².